The van der Waals surface area contributed by atoms with Crippen molar-refractivity contribution in [1.29, 1.82) is 0 Å². The van der Waals surface area contributed by atoms with Crippen molar-refractivity contribution in [3.63, 3.8) is 0 Å². The molecule has 0 unspecified atom stereocenters. The van der Waals surface area contributed by atoms with Gasteiger partial charge in [0.1, 0.15) is 12.6 Å². The van der Waals surface area contributed by atoms with E-state index in [4.69, 9.17) is 0 Å². The molecule has 0 atom stereocenters. The number of halogens is 1. The summed E-state index contributed by atoms with van der Waals surface area (Å²) in [6, 6.07) is 0. The fourth-order valence-electron chi connectivity index (χ4n) is 0.141. The second kappa shape index (κ2) is 4.05. The molecule has 0 spiro atoms. The predicted octanol–water partition coefficient (Wildman–Crippen LogP) is 1.16. The van der Waals surface area contributed by atoms with Crippen LogP contribution in [-0.2, 0) is 9.53 Å². The summed E-state index contributed by atoms with van der Waals surface area (Å²) in [7, 11) is 0. The van der Waals surface area contributed by atoms with E-state index >= 15 is 0 Å². The summed E-state index contributed by atoms with van der Waals surface area (Å²) in [5.74, 6) is -0.668. The van der Waals surface area contributed by atoms with E-state index in [-0.39, 0.29) is 6.33 Å². The fraction of sp³-hybridized carbons (Fsp3) is 0. The minimum atomic E-state index is -0.668. The third-order valence-corrected chi connectivity index (χ3v) is 0.402. The normalized spacial score (nSPS) is 9.12. The van der Waals surface area contributed by atoms with Crippen molar-refractivity contribution in [3.05, 3.63) is 25.2 Å². The molecule has 0 fully saturated rings. The zero-order valence-corrected chi connectivity index (χ0v) is 4.13. The number of hydrogen-bond acceptors (Lipinski definition) is 2. The Kier molecular flexibility index (Phi) is 3.48. The van der Waals surface area contributed by atoms with Crippen molar-refractivity contribution in [2.45, 2.75) is 0 Å². The summed E-state index contributed by atoms with van der Waals surface area (Å²) in [6.07, 6.45) is 1.71. The van der Waals surface area contributed by atoms with Gasteiger partial charge in [-0.25, -0.2) is 9.18 Å². The minimum Gasteiger partial charge on any atom is -0.429 e. The van der Waals surface area contributed by atoms with Crippen molar-refractivity contribution >= 4 is 5.97 Å². The topological polar surface area (TPSA) is 26.3 Å². The van der Waals surface area contributed by atoms with Crippen LogP contribution < -0.4 is 0 Å². The van der Waals surface area contributed by atoms with Gasteiger partial charge in [0.25, 0.3) is 0 Å². The molecule has 3 heteroatoms. The Morgan fingerprint density at radius 1 is 1.75 bits per heavy atom. The van der Waals surface area contributed by atoms with Crippen molar-refractivity contribution in [1.82, 2.24) is 0 Å². The maximum Gasteiger partial charge on any atom is 0.335 e. The molecule has 0 aliphatic carbocycles. The van der Waals surface area contributed by atoms with Gasteiger partial charge in [-0.1, -0.05) is 6.58 Å². The Bertz CT molecular complexity index is 118. The minimum absolute atomic E-state index is 0.126. The van der Waals surface area contributed by atoms with E-state index in [1.54, 1.807) is 0 Å². The van der Waals surface area contributed by atoms with Gasteiger partial charge in [-0.05, 0) is 0 Å². The second-order valence-electron chi connectivity index (χ2n) is 0.903. The van der Waals surface area contributed by atoms with E-state index < -0.39 is 5.97 Å². The van der Waals surface area contributed by atoms with Crippen molar-refractivity contribution < 1.29 is 13.9 Å². The molecular weight excluding hydrogens is 111 g/mol. The summed E-state index contributed by atoms with van der Waals surface area (Å²) in [5.41, 5.74) is 0. The molecule has 0 aliphatic rings. The van der Waals surface area contributed by atoms with Crippen LogP contribution in [0.3, 0.4) is 0 Å². The van der Waals surface area contributed by atoms with Crippen molar-refractivity contribution in [3.8, 4) is 0 Å². The van der Waals surface area contributed by atoms with Crippen LogP contribution in [0.2, 0.25) is 0 Å². The lowest BCUT2D eigenvalue weighted by Gasteiger charge is -1.85. The Morgan fingerprint density at radius 2 is 2.38 bits per heavy atom. The lowest BCUT2D eigenvalue weighted by molar-refractivity contribution is -0.132. The van der Waals surface area contributed by atoms with Crippen LogP contribution in [0.15, 0.2) is 25.2 Å². The fourth-order valence-corrected chi connectivity index (χ4v) is 0.141. The number of esters is 1. The molecule has 0 aromatic carbocycles. The average Bonchev–Trinajstić information content (AvgIpc) is 1.83. The van der Waals surface area contributed by atoms with E-state index in [9.17, 15) is 9.18 Å². The first-order valence-corrected chi connectivity index (χ1v) is 1.89. The summed E-state index contributed by atoms with van der Waals surface area (Å²) in [4.78, 5) is 10.0. The van der Waals surface area contributed by atoms with Gasteiger partial charge in [-0.15, -0.1) is 0 Å². The first-order valence-electron chi connectivity index (χ1n) is 1.89. The Hall–Kier alpha value is -1.12. The predicted molar refractivity (Wildman–Crippen MR) is 26.5 cm³/mol. The smallest absolute Gasteiger partial charge is 0.335 e. The van der Waals surface area contributed by atoms with Crippen LogP contribution in [0.1, 0.15) is 0 Å². The molecule has 8 heavy (non-hydrogen) atoms. The lowest BCUT2D eigenvalue weighted by atomic mass is 10.7. The maximum atomic E-state index is 11.0. The highest BCUT2D eigenvalue weighted by Crippen LogP contribution is 1.80. The quantitative estimate of drug-likeness (QED) is 0.307. The summed E-state index contributed by atoms with van der Waals surface area (Å²) >= 11 is 0. The van der Waals surface area contributed by atoms with Crippen LogP contribution in [0.25, 0.3) is 0 Å². The molecule has 2 nitrogen and oxygen atoms in total. The largest absolute Gasteiger partial charge is 0.429 e. The molecular formula is C5H5FO2. The van der Waals surface area contributed by atoms with Crippen LogP contribution in [-0.4, -0.2) is 5.97 Å². The monoisotopic (exact) mass is 116 g/mol. The Labute approximate surface area is 46.3 Å². The van der Waals surface area contributed by atoms with Crippen LogP contribution in [0, 0.1) is 0 Å². The van der Waals surface area contributed by atoms with Crippen LogP contribution >= 0.6 is 0 Å². The van der Waals surface area contributed by atoms with E-state index in [1.165, 1.54) is 0 Å². The van der Waals surface area contributed by atoms with Gasteiger partial charge in [0.2, 0.25) is 0 Å². The van der Waals surface area contributed by atoms with Crippen molar-refractivity contribution in [2.24, 2.45) is 0 Å². The third kappa shape index (κ3) is 3.08. The number of ether oxygens (including phenoxy) is 1. The van der Waals surface area contributed by atoms with Crippen molar-refractivity contribution in [2.75, 3.05) is 0 Å². The first-order chi connectivity index (χ1) is 3.81. The maximum absolute atomic E-state index is 11.0. The molecule has 0 saturated carbocycles. The number of hydrogen-bond donors (Lipinski definition) is 0. The molecule has 0 bridgehead atoms. The summed E-state index contributed by atoms with van der Waals surface area (Å²) < 4.78 is 15.0. The lowest BCUT2D eigenvalue weighted by Crippen LogP contribution is -1.90. The third-order valence-electron chi connectivity index (χ3n) is 0.402. The molecule has 0 amide bonds. The number of rotatable bonds is 2. The highest BCUT2D eigenvalue weighted by molar-refractivity contribution is 5.81. The average molecular weight is 116 g/mol. The molecule has 0 rings (SSSR count). The van der Waals surface area contributed by atoms with Gasteiger partial charge in [0, 0.05) is 6.08 Å². The molecule has 0 heterocycles. The molecule has 0 aliphatic heterocycles. The van der Waals surface area contributed by atoms with Gasteiger partial charge in [-0.3, -0.25) is 0 Å². The molecule has 44 valence electrons. The highest BCUT2D eigenvalue weighted by Gasteiger charge is 1.86. The molecule has 0 aromatic heterocycles. The molecule has 0 N–H and O–H groups in total. The zero-order chi connectivity index (χ0) is 6.41. The molecule has 0 aromatic rings. The summed E-state index contributed by atoms with van der Waals surface area (Å²) in [5, 5.41) is 0. The Balaban J connectivity index is 3.39. The summed E-state index contributed by atoms with van der Waals surface area (Å²) in [6.45, 7) is 3.08. The Morgan fingerprint density at radius 3 is 2.75 bits per heavy atom. The van der Waals surface area contributed by atoms with Gasteiger partial charge < -0.3 is 4.74 Å². The SMILES string of the molecule is C=CC(=O)OC=CF. The number of carbonyl (C=O) groups is 1. The van der Waals surface area contributed by atoms with Crippen LogP contribution in [0.4, 0.5) is 4.39 Å². The number of carbonyl (C=O) groups excluding carboxylic acids is 1. The van der Waals surface area contributed by atoms with E-state index in [0.717, 1.165) is 6.08 Å². The van der Waals surface area contributed by atoms with E-state index in [1.807, 2.05) is 0 Å². The van der Waals surface area contributed by atoms with Gasteiger partial charge in [0.15, 0.2) is 0 Å². The first kappa shape index (κ1) is 6.88. The molecule has 0 radical (unpaired) electrons. The van der Waals surface area contributed by atoms with E-state index in [0.29, 0.717) is 6.26 Å². The molecule has 0 saturated heterocycles. The highest BCUT2D eigenvalue weighted by atomic mass is 19.1. The second-order valence-corrected chi connectivity index (χ2v) is 0.903. The standard InChI is InChI=1S/C5H5FO2/c1-2-5(7)8-4-3-6/h2-4H,1H2. The van der Waals surface area contributed by atoms with Gasteiger partial charge >= 0.3 is 5.97 Å². The zero-order valence-electron chi connectivity index (χ0n) is 4.13. The van der Waals surface area contributed by atoms with Gasteiger partial charge in [-0.2, -0.15) is 0 Å². The van der Waals surface area contributed by atoms with Crippen LogP contribution in [0.5, 0.6) is 0 Å². The van der Waals surface area contributed by atoms with E-state index in [2.05, 4.69) is 11.3 Å². The van der Waals surface area contributed by atoms with Gasteiger partial charge in [0.05, 0.1) is 0 Å².